The quantitative estimate of drug-likeness (QED) is 0.784. The lowest BCUT2D eigenvalue weighted by molar-refractivity contribution is 0.0728. The fourth-order valence-electron chi connectivity index (χ4n) is 2.79. The van der Waals surface area contributed by atoms with Crippen LogP contribution in [0.4, 0.5) is 0 Å². The minimum atomic E-state index is -0.0188. The molecule has 1 amide bonds. The number of nitrogens with one attached hydrogen (secondary N) is 1. The molecule has 1 N–H and O–H groups in total. The molecule has 118 valence electrons. The predicted molar refractivity (Wildman–Crippen MR) is 82.9 cm³/mol. The Bertz CT molecular complexity index is 880. The van der Waals surface area contributed by atoms with Crippen LogP contribution in [0, 0.1) is 0 Å². The molecule has 7 nitrogen and oxygen atoms in total. The highest BCUT2D eigenvalue weighted by Gasteiger charge is 2.26. The number of nitrogens with zero attached hydrogens (tertiary/aromatic N) is 4. The summed E-state index contributed by atoms with van der Waals surface area (Å²) in [5.41, 5.74) is 2.93. The van der Waals surface area contributed by atoms with Gasteiger partial charge in [-0.3, -0.25) is 4.79 Å². The van der Waals surface area contributed by atoms with Crippen molar-refractivity contribution >= 4 is 16.9 Å². The van der Waals surface area contributed by atoms with Crippen LogP contribution in [0.1, 0.15) is 47.5 Å². The molecular weight excluding hydrogens is 294 g/mol. The van der Waals surface area contributed by atoms with Gasteiger partial charge in [-0.1, -0.05) is 13.8 Å². The molecule has 0 radical (unpaired) electrons. The van der Waals surface area contributed by atoms with E-state index < -0.39 is 0 Å². The van der Waals surface area contributed by atoms with E-state index in [4.69, 9.17) is 4.42 Å². The van der Waals surface area contributed by atoms with Gasteiger partial charge in [0.25, 0.3) is 5.91 Å². The van der Waals surface area contributed by atoms with Gasteiger partial charge < -0.3 is 9.32 Å². The standard InChI is InChI=1S/C16H17N5O2/c1-9(2)15-17-13-8-21(6-5-14(13)23-15)16(22)10-3-4-11-12(7-10)19-20-18-11/h3-4,7,9H,5-6,8H2,1-2H3,(H,18,19,20). The molecule has 3 heterocycles. The molecule has 0 atom stereocenters. The van der Waals surface area contributed by atoms with Crippen LogP contribution >= 0.6 is 0 Å². The number of carbonyl (C=O) groups is 1. The van der Waals surface area contributed by atoms with Crippen LogP contribution in [0.5, 0.6) is 0 Å². The Morgan fingerprint density at radius 3 is 2.96 bits per heavy atom. The first kappa shape index (κ1) is 13.9. The summed E-state index contributed by atoms with van der Waals surface area (Å²) in [6, 6.07) is 5.35. The monoisotopic (exact) mass is 311 g/mol. The number of hydrogen-bond donors (Lipinski definition) is 1. The second kappa shape index (κ2) is 5.19. The van der Waals surface area contributed by atoms with E-state index in [1.54, 1.807) is 23.1 Å². The van der Waals surface area contributed by atoms with Gasteiger partial charge in [-0.2, -0.15) is 15.4 Å². The van der Waals surface area contributed by atoms with Gasteiger partial charge in [0.1, 0.15) is 22.5 Å². The lowest BCUT2D eigenvalue weighted by atomic mass is 10.1. The van der Waals surface area contributed by atoms with E-state index in [1.165, 1.54) is 0 Å². The minimum absolute atomic E-state index is 0.0188. The number of fused-ring (bicyclic) bond motifs is 2. The maximum Gasteiger partial charge on any atom is 0.254 e. The molecule has 0 aliphatic carbocycles. The van der Waals surface area contributed by atoms with Gasteiger partial charge >= 0.3 is 0 Å². The van der Waals surface area contributed by atoms with Gasteiger partial charge in [-0.15, -0.1) is 0 Å². The van der Waals surface area contributed by atoms with Crippen molar-refractivity contribution in [1.82, 2.24) is 25.3 Å². The lowest BCUT2D eigenvalue weighted by Crippen LogP contribution is -2.35. The van der Waals surface area contributed by atoms with E-state index in [2.05, 4.69) is 20.4 Å². The average Bonchev–Trinajstić information content (AvgIpc) is 3.19. The van der Waals surface area contributed by atoms with Crippen molar-refractivity contribution in [3.05, 3.63) is 41.1 Å². The van der Waals surface area contributed by atoms with Crippen LogP contribution < -0.4 is 0 Å². The molecule has 0 spiro atoms. The van der Waals surface area contributed by atoms with E-state index in [0.29, 0.717) is 30.6 Å². The van der Waals surface area contributed by atoms with Crippen molar-refractivity contribution in [2.75, 3.05) is 6.54 Å². The molecule has 0 saturated heterocycles. The molecular formula is C16H17N5O2. The number of hydrogen-bond acceptors (Lipinski definition) is 5. The number of oxazole rings is 1. The Morgan fingerprint density at radius 2 is 2.13 bits per heavy atom. The highest BCUT2D eigenvalue weighted by molar-refractivity contribution is 5.97. The van der Waals surface area contributed by atoms with Crippen LogP contribution in [-0.4, -0.2) is 37.7 Å². The fourth-order valence-corrected chi connectivity index (χ4v) is 2.79. The van der Waals surface area contributed by atoms with Crippen molar-refractivity contribution in [2.45, 2.75) is 32.7 Å². The molecule has 23 heavy (non-hydrogen) atoms. The molecule has 0 unspecified atom stereocenters. The Labute approximate surface area is 132 Å². The zero-order valence-electron chi connectivity index (χ0n) is 13.0. The van der Waals surface area contributed by atoms with Crippen molar-refractivity contribution in [3.8, 4) is 0 Å². The number of rotatable bonds is 2. The largest absolute Gasteiger partial charge is 0.445 e. The summed E-state index contributed by atoms with van der Waals surface area (Å²) < 4.78 is 5.78. The Morgan fingerprint density at radius 1 is 1.30 bits per heavy atom. The highest BCUT2D eigenvalue weighted by atomic mass is 16.4. The third-order valence-corrected chi connectivity index (χ3v) is 4.09. The average molecular weight is 311 g/mol. The lowest BCUT2D eigenvalue weighted by Gasteiger charge is -2.25. The summed E-state index contributed by atoms with van der Waals surface area (Å²) in [5.74, 6) is 1.88. The first-order valence-electron chi connectivity index (χ1n) is 7.70. The van der Waals surface area contributed by atoms with Crippen molar-refractivity contribution in [1.29, 1.82) is 0 Å². The summed E-state index contributed by atoms with van der Waals surface area (Å²) in [4.78, 5) is 19.1. The smallest absolute Gasteiger partial charge is 0.254 e. The van der Waals surface area contributed by atoms with E-state index in [9.17, 15) is 4.79 Å². The van der Waals surface area contributed by atoms with Gasteiger partial charge in [0.15, 0.2) is 5.89 Å². The third-order valence-electron chi connectivity index (χ3n) is 4.09. The summed E-state index contributed by atoms with van der Waals surface area (Å²) >= 11 is 0. The second-order valence-electron chi connectivity index (χ2n) is 6.08. The minimum Gasteiger partial charge on any atom is -0.445 e. The highest BCUT2D eigenvalue weighted by Crippen LogP contribution is 2.25. The maximum atomic E-state index is 12.7. The molecule has 4 rings (SSSR count). The molecule has 0 bridgehead atoms. The molecule has 1 aliphatic rings. The molecule has 7 heteroatoms. The van der Waals surface area contributed by atoms with Crippen molar-refractivity contribution < 1.29 is 9.21 Å². The number of carbonyl (C=O) groups excluding carboxylic acids is 1. The van der Waals surface area contributed by atoms with E-state index in [0.717, 1.165) is 22.9 Å². The van der Waals surface area contributed by atoms with Crippen molar-refractivity contribution in [2.24, 2.45) is 0 Å². The number of amides is 1. The van der Waals surface area contributed by atoms with E-state index in [-0.39, 0.29) is 11.8 Å². The van der Waals surface area contributed by atoms with Gasteiger partial charge in [-0.25, -0.2) is 4.98 Å². The van der Waals surface area contributed by atoms with Gasteiger partial charge in [-0.05, 0) is 18.2 Å². The first-order chi connectivity index (χ1) is 11.1. The Kier molecular flexibility index (Phi) is 3.14. The van der Waals surface area contributed by atoms with Crippen LogP contribution in [0.3, 0.4) is 0 Å². The van der Waals surface area contributed by atoms with Crippen molar-refractivity contribution in [3.63, 3.8) is 0 Å². The Hall–Kier alpha value is -2.70. The summed E-state index contributed by atoms with van der Waals surface area (Å²) in [5, 5.41) is 10.6. The zero-order valence-corrected chi connectivity index (χ0v) is 13.0. The number of H-pyrrole nitrogens is 1. The molecule has 0 saturated carbocycles. The summed E-state index contributed by atoms with van der Waals surface area (Å²) in [6.07, 6.45) is 0.701. The summed E-state index contributed by atoms with van der Waals surface area (Å²) in [6.45, 7) is 5.22. The second-order valence-corrected chi connectivity index (χ2v) is 6.08. The van der Waals surface area contributed by atoms with E-state index in [1.807, 2.05) is 13.8 Å². The van der Waals surface area contributed by atoms with Crippen LogP contribution in [0.15, 0.2) is 22.6 Å². The normalized spacial score (nSPS) is 14.5. The van der Waals surface area contributed by atoms with Crippen LogP contribution in [-0.2, 0) is 13.0 Å². The maximum absolute atomic E-state index is 12.7. The molecule has 1 aromatic carbocycles. The number of aromatic amines is 1. The van der Waals surface area contributed by atoms with Gasteiger partial charge in [0, 0.05) is 24.4 Å². The molecule has 3 aromatic rings. The third kappa shape index (κ3) is 2.38. The molecule has 0 fully saturated rings. The van der Waals surface area contributed by atoms with Gasteiger partial charge in [0.2, 0.25) is 0 Å². The topological polar surface area (TPSA) is 87.9 Å². The first-order valence-corrected chi connectivity index (χ1v) is 7.70. The van der Waals surface area contributed by atoms with Crippen LogP contribution in [0.2, 0.25) is 0 Å². The summed E-state index contributed by atoms with van der Waals surface area (Å²) in [7, 11) is 0. The SMILES string of the molecule is CC(C)c1nc2c(o1)CCN(C(=O)c1ccc3n[nH]nc3c1)C2. The van der Waals surface area contributed by atoms with Crippen LogP contribution in [0.25, 0.3) is 11.0 Å². The van der Waals surface area contributed by atoms with Gasteiger partial charge in [0.05, 0.1) is 6.54 Å². The number of aromatic nitrogens is 4. The number of benzene rings is 1. The molecule has 1 aliphatic heterocycles. The molecule has 2 aromatic heterocycles. The van der Waals surface area contributed by atoms with E-state index >= 15 is 0 Å². The Balaban J connectivity index is 1.59. The predicted octanol–water partition coefficient (Wildman–Crippen LogP) is 2.27. The zero-order chi connectivity index (χ0) is 16.0. The fraction of sp³-hybridized carbons (Fsp3) is 0.375.